The Morgan fingerprint density at radius 1 is 1.18 bits per heavy atom. The van der Waals surface area contributed by atoms with E-state index in [-0.39, 0.29) is 19.1 Å². The summed E-state index contributed by atoms with van der Waals surface area (Å²) in [5.41, 5.74) is 0.868. The van der Waals surface area contributed by atoms with Crippen LogP contribution in [0.4, 0.5) is 0 Å². The van der Waals surface area contributed by atoms with E-state index in [9.17, 15) is 9.59 Å². The van der Waals surface area contributed by atoms with E-state index in [0.29, 0.717) is 10.8 Å². The molecule has 6 heteroatoms. The normalized spacial score (nSPS) is 14.5. The van der Waals surface area contributed by atoms with Gasteiger partial charge in [-0.3, -0.25) is 4.79 Å². The third-order valence-electron chi connectivity index (χ3n) is 3.55. The molecule has 0 N–H and O–H groups in total. The van der Waals surface area contributed by atoms with E-state index in [0.717, 1.165) is 37.9 Å². The van der Waals surface area contributed by atoms with Crippen molar-refractivity contribution in [2.75, 3.05) is 26.3 Å². The van der Waals surface area contributed by atoms with Gasteiger partial charge in [0.05, 0.1) is 0 Å². The topological polar surface area (TPSA) is 55.8 Å². The molecule has 0 atom stereocenters. The van der Waals surface area contributed by atoms with Crippen molar-refractivity contribution in [1.82, 2.24) is 4.90 Å². The molecular weight excluding hydrogens is 306 g/mol. The third kappa shape index (κ3) is 4.91. The van der Waals surface area contributed by atoms with Gasteiger partial charge in [0.25, 0.3) is 5.91 Å². The van der Waals surface area contributed by atoms with Crippen LogP contribution in [-0.2, 0) is 14.3 Å². The zero-order valence-corrected chi connectivity index (χ0v) is 13.4. The molecule has 0 saturated carbocycles. The van der Waals surface area contributed by atoms with E-state index in [4.69, 9.17) is 21.1 Å². The molecule has 1 saturated heterocycles. The lowest BCUT2D eigenvalue weighted by atomic mass is 10.1. The van der Waals surface area contributed by atoms with Crippen molar-refractivity contribution in [3.63, 3.8) is 0 Å². The number of rotatable bonds is 5. The Morgan fingerprint density at radius 2 is 1.91 bits per heavy atom. The van der Waals surface area contributed by atoms with Gasteiger partial charge in [-0.05, 0) is 49.9 Å². The highest BCUT2D eigenvalue weighted by Crippen LogP contribution is 2.20. The highest BCUT2D eigenvalue weighted by molar-refractivity contribution is 6.31. The van der Waals surface area contributed by atoms with Crippen LogP contribution in [0.25, 0.3) is 0 Å². The lowest BCUT2D eigenvalue weighted by Gasteiger charge is -2.26. The number of piperidine rings is 1. The fourth-order valence-corrected chi connectivity index (χ4v) is 2.39. The molecule has 1 aliphatic rings. The van der Waals surface area contributed by atoms with Gasteiger partial charge in [-0.2, -0.15) is 0 Å². The van der Waals surface area contributed by atoms with Gasteiger partial charge in [0.15, 0.2) is 13.2 Å². The van der Waals surface area contributed by atoms with Gasteiger partial charge < -0.3 is 14.4 Å². The van der Waals surface area contributed by atoms with E-state index < -0.39 is 5.97 Å². The Balaban J connectivity index is 1.71. The van der Waals surface area contributed by atoms with Crippen molar-refractivity contribution >= 4 is 23.5 Å². The summed E-state index contributed by atoms with van der Waals surface area (Å²) in [4.78, 5) is 25.2. The van der Waals surface area contributed by atoms with Crippen LogP contribution >= 0.6 is 11.6 Å². The van der Waals surface area contributed by atoms with Crippen LogP contribution in [0.3, 0.4) is 0 Å². The average molecular weight is 326 g/mol. The predicted octanol–water partition coefficient (Wildman–Crippen LogP) is 2.58. The van der Waals surface area contributed by atoms with Crippen LogP contribution < -0.4 is 4.74 Å². The molecule has 0 spiro atoms. The Bertz CT molecular complexity index is 541. The molecule has 1 aromatic carbocycles. The smallest absolute Gasteiger partial charge is 0.344 e. The molecule has 1 aliphatic heterocycles. The quantitative estimate of drug-likeness (QED) is 0.781. The Hall–Kier alpha value is -1.75. The summed E-state index contributed by atoms with van der Waals surface area (Å²) >= 11 is 5.91. The number of esters is 1. The largest absolute Gasteiger partial charge is 0.482 e. The molecule has 0 unspecified atom stereocenters. The SMILES string of the molecule is Cc1cc(OCC(=O)OCC(=O)N2CCCCC2)ccc1Cl. The van der Waals surface area contributed by atoms with Crippen LogP contribution in [-0.4, -0.2) is 43.1 Å². The zero-order valence-electron chi connectivity index (χ0n) is 12.6. The first-order chi connectivity index (χ1) is 10.6. The zero-order chi connectivity index (χ0) is 15.9. The summed E-state index contributed by atoms with van der Waals surface area (Å²) in [6.45, 7) is 2.90. The minimum absolute atomic E-state index is 0.143. The number of nitrogens with zero attached hydrogens (tertiary/aromatic N) is 1. The molecule has 0 aromatic heterocycles. The summed E-state index contributed by atoms with van der Waals surface area (Å²) < 4.78 is 10.3. The van der Waals surface area contributed by atoms with Crippen LogP contribution in [0, 0.1) is 6.92 Å². The summed E-state index contributed by atoms with van der Waals surface area (Å²) in [7, 11) is 0. The number of aryl methyl sites for hydroxylation is 1. The maximum Gasteiger partial charge on any atom is 0.344 e. The minimum atomic E-state index is -0.557. The summed E-state index contributed by atoms with van der Waals surface area (Å²) in [5.74, 6) is -0.158. The average Bonchev–Trinajstić information content (AvgIpc) is 2.54. The van der Waals surface area contributed by atoms with Crippen LogP contribution in [0.1, 0.15) is 24.8 Å². The standard InChI is InChI=1S/C16H20ClNO4/c1-12-9-13(5-6-14(12)17)21-11-16(20)22-10-15(19)18-7-3-2-4-8-18/h5-6,9H,2-4,7-8,10-11H2,1H3. The second kappa shape index (κ2) is 8.03. The van der Waals surface area contributed by atoms with E-state index >= 15 is 0 Å². The van der Waals surface area contributed by atoms with Gasteiger partial charge in [-0.1, -0.05) is 11.6 Å². The van der Waals surface area contributed by atoms with Crippen LogP contribution in [0.2, 0.25) is 5.02 Å². The number of likely N-dealkylation sites (tertiary alicyclic amines) is 1. The van der Waals surface area contributed by atoms with Crippen molar-refractivity contribution in [3.8, 4) is 5.75 Å². The molecule has 5 nitrogen and oxygen atoms in total. The number of amides is 1. The van der Waals surface area contributed by atoms with Gasteiger partial charge in [-0.15, -0.1) is 0 Å². The van der Waals surface area contributed by atoms with Crippen molar-refractivity contribution in [1.29, 1.82) is 0 Å². The molecule has 2 rings (SSSR count). The fourth-order valence-electron chi connectivity index (χ4n) is 2.27. The van der Waals surface area contributed by atoms with Gasteiger partial charge in [0.2, 0.25) is 0 Å². The maximum absolute atomic E-state index is 11.9. The number of benzene rings is 1. The number of hydrogen-bond acceptors (Lipinski definition) is 4. The monoisotopic (exact) mass is 325 g/mol. The lowest BCUT2D eigenvalue weighted by Crippen LogP contribution is -2.38. The number of carbonyl (C=O) groups is 2. The minimum Gasteiger partial charge on any atom is -0.482 e. The Labute approximate surface area is 135 Å². The summed E-state index contributed by atoms with van der Waals surface area (Å²) in [6, 6.07) is 5.13. The molecule has 22 heavy (non-hydrogen) atoms. The van der Waals surface area contributed by atoms with Gasteiger partial charge in [0, 0.05) is 18.1 Å². The van der Waals surface area contributed by atoms with Gasteiger partial charge in [0.1, 0.15) is 5.75 Å². The first-order valence-corrected chi connectivity index (χ1v) is 7.76. The van der Waals surface area contributed by atoms with E-state index in [1.54, 1.807) is 23.1 Å². The fraction of sp³-hybridized carbons (Fsp3) is 0.500. The third-order valence-corrected chi connectivity index (χ3v) is 3.98. The van der Waals surface area contributed by atoms with Crippen LogP contribution in [0.15, 0.2) is 18.2 Å². The second-order valence-electron chi connectivity index (χ2n) is 5.30. The number of carbonyl (C=O) groups excluding carboxylic acids is 2. The molecule has 0 radical (unpaired) electrons. The maximum atomic E-state index is 11.9. The molecule has 1 fully saturated rings. The van der Waals surface area contributed by atoms with Crippen molar-refractivity contribution in [2.24, 2.45) is 0 Å². The molecule has 1 aromatic rings. The van der Waals surface area contributed by atoms with E-state index in [1.165, 1.54) is 0 Å². The number of halogens is 1. The summed E-state index contributed by atoms with van der Waals surface area (Å²) in [6.07, 6.45) is 3.18. The number of hydrogen-bond donors (Lipinski definition) is 0. The highest BCUT2D eigenvalue weighted by atomic mass is 35.5. The molecule has 1 amide bonds. The molecule has 120 valence electrons. The molecular formula is C16H20ClNO4. The van der Waals surface area contributed by atoms with Crippen molar-refractivity contribution in [2.45, 2.75) is 26.2 Å². The van der Waals surface area contributed by atoms with Gasteiger partial charge >= 0.3 is 5.97 Å². The van der Waals surface area contributed by atoms with Crippen molar-refractivity contribution < 1.29 is 19.1 Å². The highest BCUT2D eigenvalue weighted by Gasteiger charge is 2.18. The first kappa shape index (κ1) is 16.6. The molecule has 0 bridgehead atoms. The van der Waals surface area contributed by atoms with Crippen molar-refractivity contribution in [3.05, 3.63) is 28.8 Å². The second-order valence-corrected chi connectivity index (χ2v) is 5.71. The molecule has 1 heterocycles. The number of ether oxygens (including phenoxy) is 2. The van der Waals surface area contributed by atoms with Crippen LogP contribution in [0.5, 0.6) is 5.75 Å². The lowest BCUT2D eigenvalue weighted by molar-refractivity contribution is -0.154. The van der Waals surface area contributed by atoms with E-state index in [2.05, 4.69) is 0 Å². The predicted molar refractivity (Wildman–Crippen MR) is 83.1 cm³/mol. The first-order valence-electron chi connectivity index (χ1n) is 7.38. The summed E-state index contributed by atoms with van der Waals surface area (Å²) in [5, 5.41) is 0.641. The Kier molecular flexibility index (Phi) is 6.07. The van der Waals surface area contributed by atoms with Gasteiger partial charge in [-0.25, -0.2) is 4.79 Å². The molecule has 0 aliphatic carbocycles. The Morgan fingerprint density at radius 3 is 2.59 bits per heavy atom. The van der Waals surface area contributed by atoms with E-state index in [1.807, 2.05) is 6.92 Å².